The molecular weight excluding hydrogens is 242 g/mol. The fraction of sp³-hybridized carbons (Fsp3) is 1.00. The third-order valence-corrected chi connectivity index (χ3v) is 3.71. The molecule has 0 aromatic rings. The van der Waals surface area contributed by atoms with E-state index in [4.69, 9.17) is 21.1 Å². The van der Waals surface area contributed by atoms with Crippen molar-refractivity contribution in [2.24, 2.45) is 0 Å². The molecule has 0 spiro atoms. The average Bonchev–Trinajstić information content (AvgIpc) is 2.42. The van der Waals surface area contributed by atoms with E-state index in [-0.39, 0.29) is 24.3 Å². The Balaban J connectivity index is 2.33. The molecule has 0 saturated carbocycles. The number of nitrogens with one attached hydrogen (secondary N) is 1. The van der Waals surface area contributed by atoms with E-state index in [0.717, 1.165) is 0 Å². The van der Waals surface area contributed by atoms with Crippen molar-refractivity contribution in [3.05, 3.63) is 0 Å². The molecular formula is C8H16ClNO4S. The van der Waals surface area contributed by atoms with Crippen LogP contribution in [0.25, 0.3) is 0 Å². The van der Waals surface area contributed by atoms with E-state index in [2.05, 4.69) is 4.72 Å². The van der Waals surface area contributed by atoms with Gasteiger partial charge in [0.15, 0.2) is 5.79 Å². The van der Waals surface area contributed by atoms with E-state index in [1.165, 1.54) is 0 Å². The normalized spacial score (nSPS) is 25.7. The first kappa shape index (κ1) is 13.2. The Labute approximate surface area is 95.1 Å². The summed E-state index contributed by atoms with van der Waals surface area (Å²) in [6.07, 6.45) is -0.231. The van der Waals surface area contributed by atoms with Gasteiger partial charge in [0.05, 0.1) is 18.5 Å². The fourth-order valence-corrected chi connectivity index (χ4v) is 2.65. The molecule has 1 N–H and O–H groups in total. The molecule has 15 heavy (non-hydrogen) atoms. The summed E-state index contributed by atoms with van der Waals surface area (Å²) in [5, 5.41) is 0. The van der Waals surface area contributed by atoms with Crippen LogP contribution in [0.15, 0.2) is 0 Å². The van der Waals surface area contributed by atoms with E-state index in [0.29, 0.717) is 6.61 Å². The van der Waals surface area contributed by atoms with Crippen LogP contribution < -0.4 is 4.72 Å². The molecule has 1 heterocycles. The van der Waals surface area contributed by atoms with Gasteiger partial charge in [-0.15, -0.1) is 11.6 Å². The maximum atomic E-state index is 11.3. The second kappa shape index (κ2) is 4.97. The first-order valence-electron chi connectivity index (χ1n) is 4.70. The Kier molecular flexibility index (Phi) is 4.37. The average molecular weight is 258 g/mol. The van der Waals surface area contributed by atoms with Gasteiger partial charge in [0, 0.05) is 12.4 Å². The molecule has 1 rings (SSSR count). The summed E-state index contributed by atoms with van der Waals surface area (Å²) < 4.78 is 35.7. The van der Waals surface area contributed by atoms with Crippen LogP contribution in [0.5, 0.6) is 0 Å². The Morgan fingerprint density at radius 1 is 1.53 bits per heavy atom. The van der Waals surface area contributed by atoms with Crippen LogP contribution >= 0.6 is 11.6 Å². The Morgan fingerprint density at radius 2 is 2.20 bits per heavy atom. The molecule has 0 aromatic heterocycles. The van der Waals surface area contributed by atoms with E-state index < -0.39 is 15.8 Å². The first-order chi connectivity index (χ1) is 6.85. The second-order valence-corrected chi connectivity index (χ2v) is 6.11. The molecule has 1 aliphatic heterocycles. The van der Waals surface area contributed by atoms with E-state index in [9.17, 15) is 8.42 Å². The molecule has 7 heteroatoms. The minimum atomic E-state index is -3.27. The van der Waals surface area contributed by atoms with Crippen molar-refractivity contribution in [2.45, 2.75) is 25.7 Å². The van der Waals surface area contributed by atoms with Crippen LogP contribution in [0.2, 0.25) is 0 Å². The molecule has 1 unspecified atom stereocenters. The summed E-state index contributed by atoms with van der Waals surface area (Å²) in [6.45, 7) is 4.21. The lowest BCUT2D eigenvalue weighted by atomic mass is 10.4. The van der Waals surface area contributed by atoms with Gasteiger partial charge in [0.25, 0.3) is 0 Å². The standard InChI is InChI=1S/C8H16ClNO4S/c1-8(2)13-6-7(14-8)5-10-15(11,12)4-3-9/h7,10H,3-6H2,1-2H3. The predicted octanol–water partition coefficient (Wildman–Crippen LogP) is 0.296. The van der Waals surface area contributed by atoms with Gasteiger partial charge in [0.2, 0.25) is 10.0 Å². The van der Waals surface area contributed by atoms with Crippen LogP contribution in [0, 0.1) is 0 Å². The quantitative estimate of drug-likeness (QED) is 0.720. The van der Waals surface area contributed by atoms with Crippen molar-refractivity contribution in [1.29, 1.82) is 0 Å². The summed E-state index contributed by atoms with van der Waals surface area (Å²) in [5.41, 5.74) is 0. The van der Waals surface area contributed by atoms with E-state index >= 15 is 0 Å². The van der Waals surface area contributed by atoms with Crippen LogP contribution in [0.4, 0.5) is 0 Å². The molecule has 0 bridgehead atoms. The summed E-state index contributed by atoms with van der Waals surface area (Å²) in [5.74, 6) is -0.614. The van der Waals surface area contributed by atoms with E-state index in [1.807, 2.05) is 0 Å². The molecule has 1 atom stereocenters. The predicted molar refractivity (Wildman–Crippen MR) is 57.4 cm³/mol. The molecule has 90 valence electrons. The number of halogens is 1. The molecule has 1 aliphatic rings. The van der Waals surface area contributed by atoms with Gasteiger partial charge in [-0.2, -0.15) is 0 Å². The minimum Gasteiger partial charge on any atom is -0.348 e. The zero-order chi connectivity index (χ0) is 11.5. The lowest BCUT2D eigenvalue weighted by Crippen LogP contribution is -2.36. The van der Waals surface area contributed by atoms with Crippen LogP contribution in [-0.4, -0.2) is 45.1 Å². The molecule has 5 nitrogen and oxygen atoms in total. The number of alkyl halides is 1. The summed E-state index contributed by atoms with van der Waals surface area (Å²) in [7, 11) is -3.27. The zero-order valence-electron chi connectivity index (χ0n) is 8.82. The lowest BCUT2D eigenvalue weighted by Gasteiger charge is -2.17. The second-order valence-electron chi connectivity index (χ2n) is 3.81. The number of hydrogen-bond acceptors (Lipinski definition) is 4. The molecule has 0 aromatic carbocycles. The van der Waals surface area contributed by atoms with Crippen molar-refractivity contribution in [2.75, 3.05) is 24.8 Å². The van der Waals surface area contributed by atoms with Gasteiger partial charge in [-0.1, -0.05) is 0 Å². The number of hydrogen-bond donors (Lipinski definition) is 1. The largest absolute Gasteiger partial charge is 0.348 e. The molecule has 1 saturated heterocycles. The van der Waals surface area contributed by atoms with Crippen LogP contribution in [0.1, 0.15) is 13.8 Å². The van der Waals surface area contributed by atoms with Crippen molar-refractivity contribution >= 4 is 21.6 Å². The highest BCUT2D eigenvalue weighted by molar-refractivity contribution is 7.89. The minimum absolute atomic E-state index is 0.0779. The third-order valence-electron chi connectivity index (χ3n) is 1.94. The van der Waals surface area contributed by atoms with Gasteiger partial charge in [-0.3, -0.25) is 0 Å². The monoisotopic (exact) mass is 257 g/mol. The Hall–Kier alpha value is 0.120. The van der Waals surface area contributed by atoms with E-state index in [1.54, 1.807) is 13.8 Å². The highest BCUT2D eigenvalue weighted by Gasteiger charge is 2.32. The summed E-state index contributed by atoms with van der Waals surface area (Å²) in [6, 6.07) is 0. The topological polar surface area (TPSA) is 64.6 Å². The maximum absolute atomic E-state index is 11.3. The molecule has 0 amide bonds. The van der Waals surface area contributed by atoms with Crippen molar-refractivity contribution in [1.82, 2.24) is 4.72 Å². The SMILES string of the molecule is CC1(C)OCC(CNS(=O)(=O)CCCl)O1. The van der Waals surface area contributed by atoms with Crippen molar-refractivity contribution < 1.29 is 17.9 Å². The van der Waals surface area contributed by atoms with Gasteiger partial charge < -0.3 is 9.47 Å². The van der Waals surface area contributed by atoms with Crippen LogP contribution in [0.3, 0.4) is 0 Å². The number of sulfonamides is 1. The molecule has 0 radical (unpaired) electrons. The highest BCUT2D eigenvalue weighted by Crippen LogP contribution is 2.21. The van der Waals surface area contributed by atoms with Gasteiger partial charge in [0.1, 0.15) is 0 Å². The van der Waals surface area contributed by atoms with Crippen LogP contribution in [-0.2, 0) is 19.5 Å². The molecule has 0 aliphatic carbocycles. The van der Waals surface area contributed by atoms with Crippen molar-refractivity contribution in [3.8, 4) is 0 Å². The Morgan fingerprint density at radius 3 is 2.67 bits per heavy atom. The summed E-state index contributed by atoms with van der Waals surface area (Å²) in [4.78, 5) is 0. The highest BCUT2D eigenvalue weighted by atomic mass is 35.5. The number of rotatable bonds is 5. The van der Waals surface area contributed by atoms with Gasteiger partial charge in [-0.25, -0.2) is 13.1 Å². The van der Waals surface area contributed by atoms with Gasteiger partial charge >= 0.3 is 0 Å². The van der Waals surface area contributed by atoms with Gasteiger partial charge in [-0.05, 0) is 13.8 Å². The fourth-order valence-electron chi connectivity index (χ4n) is 1.26. The zero-order valence-corrected chi connectivity index (χ0v) is 10.4. The number of ether oxygens (including phenoxy) is 2. The lowest BCUT2D eigenvalue weighted by molar-refractivity contribution is -0.137. The maximum Gasteiger partial charge on any atom is 0.212 e. The van der Waals surface area contributed by atoms with Crippen molar-refractivity contribution in [3.63, 3.8) is 0 Å². The Bertz CT molecular complexity index is 304. The molecule has 1 fully saturated rings. The first-order valence-corrected chi connectivity index (χ1v) is 6.88. The smallest absolute Gasteiger partial charge is 0.212 e. The third kappa shape index (κ3) is 4.65. The summed E-state index contributed by atoms with van der Waals surface area (Å²) >= 11 is 5.35.